The second-order valence-corrected chi connectivity index (χ2v) is 6.07. The first-order chi connectivity index (χ1) is 9.11. The van der Waals surface area contributed by atoms with Crippen LogP contribution >= 0.6 is 11.3 Å². The minimum atomic E-state index is 0.224. The number of nitrogens with two attached hydrogens (primary N) is 1. The van der Waals surface area contributed by atoms with Crippen LogP contribution in [0, 0.1) is 20.8 Å². The Kier molecular flexibility index (Phi) is 4.75. The normalized spacial score (nSPS) is 12.6. The third kappa shape index (κ3) is 3.44. The van der Waals surface area contributed by atoms with E-state index in [-0.39, 0.29) is 6.04 Å². The van der Waals surface area contributed by atoms with Crippen molar-refractivity contribution in [1.29, 1.82) is 0 Å². The Labute approximate surface area is 119 Å². The Balaban J connectivity index is 2.15. The summed E-state index contributed by atoms with van der Waals surface area (Å²) in [6.07, 6.45) is 0. The van der Waals surface area contributed by atoms with E-state index in [1.54, 1.807) is 11.3 Å². The number of benzene rings is 1. The fourth-order valence-electron chi connectivity index (χ4n) is 2.32. The van der Waals surface area contributed by atoms with Crippen molar-refractivity contribution in [1.82, 2.24) is 5.32 Å². The van der Waals surface area contributed by atoms with Crippen LogP contribution in [0.15, 0.2) is 29.6 Å². The quantitative estimate of drug-likeness (QED) is 0.876. The van der Waals surface area contributed by atoms with Gasteiger partial charge >= 0.3 is 0 Å². The molecule has 1 heterocycles. The van der Waals surface area contributed by atoms with Crippen LogP contribution in [-0.2, 0) is 6.54 Å². The van der Waals surface area contributed by atoms with Crippen molar-refractivity contribution in [3.8, 4) is 0 Å². The summed E-state index contributed by atoms with van der Waals surface area (Å²) in [6.45, 7) is 7.98. The molecule has 0 aliphatic rings. The van der Waals surface area contributed by atoms with Crippen molar-refractivity contribution < 1.29 is 0 Å². The lowest BCUT2D eigenvalue weighted by atomic mass is 9.96. The van der Waals surface area contributed by atoms with Gasteiger partial charge in [0.2, 0.25) is 0 Å². The minimum absolute atomic E-state index is 0.224. The second kappa shape index (κ2) is 6.33. The fourth-order valence-corrected chi connectivity index (χ4v) is 2.97. The molecule has 3 heteroatoms. The Morgan fingerprint density at radius 2 is 1.89 bits per heavy atom. The average Bonchev–Trinajstić information content (AvgIpc) is 2.89. The Morgan fingerprint density at radius 3 is 2.53 bits per heavy atom. The van der Waals surface area contributed by atoms with Gasteiger partial charge in [0, 0.05) is 24.0 Å². The number of rotatable bonds is 5. The van der Waals surface area contributed by atoms with Gasteiger partial charge in [0.15, 0.2) is 0 Å². The Hall–Kier alpha value is -1.16. The number of nitrogens with one attached hydrogen (secondary N) is 1. The van der Waals surface area contributed by atoms with Crippen LogP contribution in [0.2, 0.25) is 0 Å². The first-order valence-electron chi connectivity index (χ1n) is 6.65. The third-order valence-electron chi connectivity index (χ3n) is 3.60. The fraction of sp³-hybridized carbons (Fsp3) is 0.375. The summed E-state index contributed by atoms with van der Waals surface area (Å²) in [5.41, 5.74) is 11.3. The van der Waals surface area contributed by atoms with Crippen LogP contribution in [0.1, 0.15) is 33.2 Å². The number of hydrogen-bond donors (Lipinski definition) is 2. The van der Waals surface area contributed by atoms with Gasteiger partial charge in [-0.05, 0) is 54.5 Å². The maximum atomic E-state index is 5.94. The molecule has 2 nitrogen and oxygen atoms in total. The van der Waals surface area contributed by atoms with E-state index < -0.39 is 0 Å². The van der Waals surface area contributed by atoms with Gasteiger partial charge in [0.05, 0.1) is 0 Å². The molecule has 0 spiro atoms. The van der Waals surface area contributed by atoms with Crippen molar-refractivity contribution in [2.45, 2.75) is 33.4 Å². The monoisotopic (exact) mass is 274 g/mol. The summed E-state index contributed by atoms with van der Waals surface area (Å²) in [4.78, 5) is 1.35. The van der Waals surface area contributed by atoms with Crippen molar-refractivity contribution in [2.24, 2.45) is 5.73 Å². The third-order valence-corrected chi connectivity index (χ3v) is 4.47. The molecule has 0 fully saturated rings. The highest BCUT2D eigenvalue weighted by molar-refractivity contribution is 7.09. The molecule has 1 unspecified atom stereocenters. The highest BCUT2D eigenvalue weighted by Gasteiger charge is 2.13. The smallest absolute Gasteiger partial charge is 0.0450 e. The van der Waals surface area contributed by atoms with Gasteiger partial charge in [-0.3, -0.25) is 0 Å². The summed E-state index contributed by atoms with van der Waals surface area (Å²) in [5, 5.41) is 5.67. The molecule has 0 aliphatic carbocycles. The van der Waals surface area contributed by atoms with Crippen LogP contribution < -0.4 is 11.1 Å². The summed E-state index contributed by atoms with van der Waals surface area (Å²) in [7, 11) is 0. The predicted molar refractivity (Wildman–Crippen MR) is 83.6 cm³/mol. The van der Waals surface area contributed by atoms with E-state index in [4.69, 9.17) is 5.73 Å². The summed E-state index contributed by atoms with van der Waals surface area (Å²) in [6, 6.07) is 8.98. The molecule has 0 bridgehead atoms. The summed E-state index contributed by atoms with van der Waals surface area (Å²) >= 11 is 1.78. The largest absolute Gasteiger partial charge is 0.329 e. The van der Waals surface area contributed by atoms with Gasteiger partial charge in [-0.1, -0.05) is 18.2 Å². The van der Waals surface area contributed by atoms with E-state index in [1.165, 1.54) is 27.1 Å². The molecule has 0 saturated carbocycles. The summed E-state index contributed by atoms with van der Waals surface area (Å²) < 4.78 is 0. The standard InChI is InChI=1S/C16H22N2S/c1-11-7-13(3)15(8-12(11)2)16(9-17)18-10-14-5-4-6-19-14/h4-8,16,18H,9-10,17H2,1-3H3. The van der Waals surface area contributed by atoms with Gasteiger partial charge in [0.25, 0.3) is 0 Å². The molecular formula is C16H22N2S. The molecule has 0 amide bonds. The van der Waals surface area contributed by atoms with Gasteiger partial charge in [0.1, 0.15) is 0 Å². The molecule has 19 heavy (non-hydrogen) atoms. The second-order valence-electron chi connectivity index (χ2n) is 5.04. The summed E-state index contributed by atoms with van der Waals surface area (Å²) in [5.74, 6) is 0. The highest BCUT2D eigenvalue weighted by atomic mass is 32.1. The average molecular weight is 274 g/mol. The maximum absolute atomic E-state index is 5.94. The lowest BCUT2D eigenvalue weighted by molar-refractivity contribution is 0.542. The van der Waals surface area contributed by atoms with Crippen molar-refractivity contribution in [3.63, 3.8) is 0 Å². The van der Waals surface area contributed by atoms with E-state index in [0.717, 1.165) is 6.54 Å². The molecule has 1 aromatic carbocycles. The van der Waals surface area contributed by atoms with E-state index in [1.807, 2.05) is 0 Å². The highest BCUT2D eigenvalue weighted by Crippen LogP contribution is 2.22. The van der Waals surface area contributed by atoms with E-state index in [9.17, 15) is 0 Å². The van der Waals surface area contributed by atoms with Crippen LogP contribution in [0.25, 0.3) is 0 Å². The number of thiophene rings is 1. The number of aryl methyl sites for hydroxylation is 3. The molecular weight excluding hydrogens is 252 g/mol. The van der Waals surface area contributed by atoms with Crippen LogP contribution in [0.4, 0.5) is 0 Å². The molecule has 2 aromatic rings. The van der Waals surface area contributed by atoms with Crippen LogP contribution in [0.5, 0.6) is 0 Å². The Morgan fingerprint density at radius 1 is 1.16 bits per heavy atom. The van der Waals surface area contributed by atoms with Crippen molar-refractivity contribution >= 4 is 11.3 Å². The van der Waals surface area contributed by atoms with E-state index in [0.29, 0.717) is 6.54 Å². The molecule has 2 rings (SSSR count). The molecule has 1 atom stereocenters. The van der Waals surface area contributed by atoms with Crippen LogP contribution in [0.3, 0.4) is 0 Å². The van der Waals surface area contributed by atoms with E-state index in [2.05, 4.69) is 55.7 Å². The molecule has 0 radical (unpaired) electrons. The topological polar surface area (TPSA) is 38.0 Å². The van der Waals surface area contributed by atoms with Crippen molar-refractivity contribution in [2.75, 3.05) is 6.54 Å². The zero-order chi connectivity index (χ0) is 13.8. The van der Waals surface area contributed by atoms with Gasteiger partial charge in [-0.25, -0.2) is 0 Å². The molecule has 3 N–H and O–H groups in total. The van der Waals surface area contributed by atoms with Gasteiger partial charge in [-0.15, -0.1) is 11.3 Å². The van der Waals surface area contributed by atoms with E-state index >= 15 is 0 Å². The lowest BCUT2D eigenvalue weighted by Crippen LogP contribution is -2.28. The Bertz CT molecular complexity index is 532. The minimum Gasteiger partial charge on any atom is -0.329 e. The molecule has 0 aliphatic heterocycles. The predicted octanol–water partition coefficient (Wildman–Crippen LogP) is 3.46. The zero-order valence-corrected chi connectivity index (χ0v) is 12.7. The first-order valence-corrected chi connectivity index (χ1v) is 7.53. The maximum Gasteiger partial charge on any atom is 0.0450 e. The van der Waals surface area contributed by atoms with Crippen molar-refractivity contribution in [3.05, 3.63) is 56.8 Å². The number of hydrogen-bond acceptors (Lipinski definition) is 3. The molecule has 0 saturated heterocycles. The zero-order valence-electron chi connectivity index (χ0n) is 11.9. The molecule has 102 valence electrons. The SMILES string of the molecule is Cc1cc(C)c(C(CN)NCc2cccs2)cc1C. The lowest BCUT2D eigenvalue weighted by Gasteiger charge is -2.20. The van der Waals surface area contributed by atoms with Crippen LogP contribution in [-0.4, -0.2) is 6.54 Å². The first kappa shape index (κ1) is 14.3. The van der Waals surface area contributed by atoms with Gasteiger partial charge in [-0.2, -0.15) is 0 Å². The van der Waals surface area contributed by atoms with Gasteiger partial charge < -0.3 is 11.1 Å². The molecule has 1 aromatic heterocycles.